The van der Waals surface area contributed by atoms with Crippen molar-refractivity contribution in [3.8, 4) is 28.7 Å². The summed E-state index contributed by atoms with van der Waals surface area (Å²) in [4.78, 5) is 26.6. The number of nitrogens with two attached hydrogens (primary N) is 1. The van der Waals surface area contributed by atoms with E-state index in [1.54, 1.807) is 12.1 Å². The Labute approximate surface area is 282 Å². The Kier molecular flexibility index (Phi) is 13.0. The first-order valence-electron chi connectivity index (χ1n) is 17.1. The molecule has 13 heteroatoms. The average Bonchev–Trinajstić information content (AvgIpc) is 3.72. The molecule has 5 rings (SSSR count). The van der Waals surface area contributed by atoms with Gasteiger partial charge in [0, 0.05) is 11.8 Å². The lowest BCUT2D eigenvalue weighted by molar-refractivity contribution is -0.141. The fraction of sp³-hybridized carbons (Fsp3) is 0.600. The Balaban J connectivity index is 1.17. The zero-order chi connectivity index (χ0) is 33.9. The number of benzene rings is 2. The third kappa shape index (κ3) is 8.43. The average molecular weight is 670 g/mol. The van der Waals surface area contributed by atoms with E-state index in [1.807, 2.05) is 12.1 Å². The van der Waals surface area contributed by atoms with Crippen LogP contribution in [0.1, 0.15) is 67.2 Å². The standard InChI is InChI=1S/C35H51N5O8/c1-44-28-15-22(16-29(45-2)34(28)42)31-23-17-26-27(48-21-47-26)18-24(23)33(25-20-46-35(43)32(25)31)40-30(41)19-39-14-8-7-13-38-12-6-5-11-37-10-4-3-9-36/h15-18,25,31-33,37-39,42H,3-14,19-21,36H2,1-2H3,(H,40,41)/t25-,31?,32?,33?/m0/s1. The Morgan fingerprint density at radius 3 is 1.98 bits per heavy atom. The van der Waals surface area contributed by atoms with Crippen molar-refractivity contribution in [1.82, 2.24) is 21.3 Å². The number of esters is 1. The SMILES string of the molecule is COc1cc(C2c3cc4c(cc3C(NC(=O)CNCCCCNCCCCNCCCCN)[C@H]3COC(=O)C23)OCO4)cc(OC)c1O. The molecule has 1 aliphatic carbocycles. The maximum Gasteiger partial charge on any atom is 0.310 e. The number of rotatable bonds is 20. The first-order chi connectivity index (χ1) is 23.5. The van der Waals surface area contributed by atoms with E-state index in [0.29, 0.717) is 17.1 Å². The van der Waals surface area contributed by atoms with Crippen molar-refractivity contribution >= 4 is 11.9 Å². The van der Waals surface area contributed by atoms with Crippen molar-refractivity contribution in [2.24, 2.45) is 17.6 Å². The molecule has 0 bridgehead atoms. The lowest BCUT2D eigenvalue weighted by Gasteiger charge is -2.39. The summed E-state index contributed by atoms with van der Waals surface area (Å²) in [5, 5.41) is 24.0. The topological polar surface area (TPSA) is 175 Å². The summed E-state index contributed by atoms with van der Waals surface area (Å²) in [5.41, 5.74) is 7.86. The summed E-state index contributed by atoms with van der Waals surface area (Å²) in [7, 11) is 2.92. The van der Waals surface area contributed by atoms with Crippen LogP contribution in [0.25, 0.3) is 0 Å². The molecule has 2 aromatic carbocycles. The van der Waals surface area contributed by atoms with Crippen molar-refractivity contribution in [3.05, 3.63) is 41.0 Å². The van der Waals surface area contributed by atoms with Crippen molar-refractivity contribution in [1.29, 1.82) is 0 Å². The molecule has 1 saturated heterocycles. The zero-order valence-corrected chi connectivity index (χ0v) is 28.1. The Bertz CT molecular complexity index is 1370. The number of carbonyl (C=O) groups excluding carboxylic acids is 2. The second kappa shape index (κ2) is 17.6. The van der Waals surface area contributed by atoms with Crippen LogP contribution in [0.5, 0.6) is 28.7 Å². The number of cyclic esters (lactones) is 1. The van der Waals surface area contributed by atoms with Crippen molar-refractivity contribution in [2.75, 3.05) is 73.4 Å². The molecule has 1 amide bonds. The number of hydrogen-bond donors (Lipinski definition) is 6. The number of carbonyl (C=O) groups is 2. The Morgan fingerprint density at radius 1 is 0.833 bits per heavy atom. The minimum atomic E-state index is -0.597. The molecule has 3 unspecified atom stereocenters. The van der Waals surface area contributed by atoms with Crippen LogP contribution in [0.4, 0.5) is 0 Å². The van der Waals surface area contributed by atoms with E-state index >= 15 is 0 Å². The van der Waals surface area contributed by atoms with Gasteiger partial charge in [-0.05, 0) is 119 Å². The van der Waals surface area contributed by atoms with Gasteiger partial charge in [-0.25, -0.2) is 0 Å². The zero-order valence-electron chi connectivity index (χ0n) is 28.1. The van der Waals surface area contributed by atoms with Gasteiger partial charge in [-0.15, -0.1) is 0 Å². The van der Waals surface area contributed by atoms with E-state index in [4.69, 9.17) is 29.4 Å². The van der Waals surface area contributed by atoms with Crippen molar-refractivity contribution in [2.45, 2.75) is 50.5 Å². The van der Waals surface area contributed by atoms with E-state index in [-0.39, 0.29) is 55.0 Å². The molecule has 2 aliphatic heterocycles. The smallest absolute Gasteiger partial charge is 0.310 e. The highest BCUT2D eigenvalue weighted by molar-refractivity contribution is 5.81. The Morgan fingerprint density at radius 2 is 1.40 bits per heavy atom. The first-order valence-corrected chi connectivity index (χ1v) is 17.1. The van der Waals surface area contributed by atoms with Gasteiger partial charge in [-0.3, -0.25) is 9.59 Å². The van der Waals surface area contributed by atoms with Crippen molar-refractivity contribution in [3.63, 3.8) is 0 Å². The van der Waals surface area contributed by atoms with Gasteiger partial charge in [0.15, 0.2) is 23.0 Å². The number of amides is 1. The molecule has 2 heterocycles. The number of ether oxygens (including phenoxy) is 5. The highest BCUT2D eigenvalue weighted by Crippen LogP contribution is 2.55. The molecule has 3 aliphatic rings. The lowest BCUT2D eigenvalue weighted by Crippen LogP contribution is -2.45. The molecule has 2 aromatic rings. The highest BCUT2D eigenvalue weighted by Gasteiger charge is 2.53. The minimum absolute atomic E-state index is 0.0859. The van der Waals surface area contributed by atoms with Crippen LogP contribution >= 0.6 is 0 Å². The molecule has 0 aromatic heterocycles. The predicted octanol–water partition coefficient (Wildman–Crippen LogP) is 2.30. The predicted molar refractivity (Wildman–Crippen MR) is 180 cm³/mol. The van der Waals surface area contributed by atoms with Crippen LogP contribution in [0.15, 0.2) is 24.3 Å². The number of phenolic OH excluding ortho intramolecular Hbond substituents is 1. The van der Waals surface area contributed by atoms with E-state index < -0.39 is 17.9 Å². The first kappa shape index (κ1) is 35.5. The number of phenols is 1. The summed E-state index contributed by atoms with van der Waals surface area (Å²) < 4.78 is 27.9. The van der Waals surface area contributed by atoms with E-state index in [1.165, 1.54) is 14.2 Å². The second-order valence-electron chi connectivity index (χ2n) is 12.5. The van der Waals surface area contributed by atoms with Gasteiger partial charge in [0.1, 0.15) is 0 Å². The van der Waals surface area contributed by atoms with Gasteiger partial charge in [-0.2, -0.15) is 0 Å². The van der Waals surface area contributed by atoms with Crippen LogP contribution in [0, 0.1) is 11.8 Å². The van der Waals surface area contributed by atoms with Gasteiger partial charge < -0.3 is 55.8 Å². The summed E-state index contributed by atoms with van der Waals surface area (Å²) >= 11 is 0. The molecule has 1 fully saturated rings. The molecular weight excluding hydrogens is 618 g/mol. The van der Waals surface area contributed by atoms with Gasteiger partial charge in [0.05, 0.1) is 39.3 Å². The maximum absolute atomic E-state index is 13.3. The second-order valence-corrected chi connectivity index (χ2v) is 12.5. The lowest BCUT2D eigenvalue weighted by atomic mass is 9.65. The van der Waals surface area contributed by atoms with Gasteiger partial charge in [0.2, 0.25) is 18.4 Å². The van der Waals surface area contributed by atoms with Gasteiger partial charge >= 0.3 is 5.97 Å². The van der Waals surface area contributed by atoms with E-state index in [9.17, 15) is 14.7 Å². The molecule has 0 spiro atoms. The summed E-state index contributed by atoms with van der Waals surface area (Å²) in [5.74, 6) is -0.438. The van der Waals surface area contributed by atoms with Crippen LogP contribution in [-0.4, -0.2) is 90.4 Å². The summed E-state index contributed by atoms with van der Waals surface area (Å²) in [6, 6.07) is 6.71. The number of nitrogens with one attached hydrogen (secondary N) is 4. The monoisotopic (exact) mass is 669 g/mol. The molecule has 48 heavy (non-hydrogen) atoms. The van der Waals surface area contributed by atoms with E-state index in [0.717, 1.165) is 88.9 Å². The van der Waals surface area contributed by atoms with E-state index in [2.05, 4.69) is 21.3 Å². The molecule has 7 N–H and O–H groups in total. The number of unbranched alkanes of at least 4 members (excludes halogenated alkanes) is 3. The van der Waals surface area contributed by atoms with Crippen molar-refractivity contribution < 1.29 is 38.4 Å². The molecule has 264 valence electrons. The van der Waals surface area contributed by atoms with Crippen LogP contribution in [0.3, 0.4) is 0 Å². The largest absolute Gasteiger partial charge is 0.502 e. The third-order valence-corrected chi connectivity index (χ3v) is 9.37. The maximum atomic E-state index is 13.3. The fourth-order valence-electron chi connectivity index (χ4n) is 6.91. The molecule has 0 radical (unpaired) electrons. The van der Waals surface area contributed by atoms with Crippen LogP contribution in [-0.2, 0) is 14.3 Å². The Hall–Kier alpha value is -3.78. The summed E-state index contributed by atoms with van der Waals surface area (Å²) in [6.45, 7) is 5.93. The number of hydrogen-bond acceptors (Lipinski definition) is 12. The third-order valence-electron chi connectivity index (χ3n) is 9.37. The summed E-state index contributed by atoms with van der Waals surface area (Å²) in [6.07, 6.45) is 6.48. The molecular formula is C35H51N5O8. The molecule has 13 nitrogen and oxygen atoms in total. The van der Waals surface area contributed by atoms with Crippen LogP contribution < -0.4 is 45.9 Å². The molecule has 0 saturated carbocycles. The highest BCUT2D eigenvalue weighted by atomic mass is 16.7. The minimum Gasteiger partial charge on any atom is -0.502 e. The van der Waals surface area contributed by atoms with Gasteiger partial charge in [0.25, 0.3) is 0 Å². The number of aromatic hydroxyl groups is 1. The number of methoxy groups -OCH3 is 2. The van der Waals surface area contributed by atoms with Gasteiger partial charge in [-0.1, -0.05) is 0 Å². The normalized spacial score (nSPS) is 20.6. The number of fused-ring (bicyclic) bond motifs is 3. The van der Waals surface area contributed by atoms with Crippen LogP contribution in [0.2, 0.25) is 0 Å². The quantitative estimate of drug-likeness (QED) is 0.0898. The fourth-order valence-corrected chi connectivity index (χ4v) is 6.91. The molecule has 4 atom stereocenters.